The minimum absolute atomic E-state index is 0.0342. The van der Waals surface area contributed by atoms with Crippen LogP contribution in [0.5, 0.6) is 5.75 Å². The predicted molar refractivity (Wildman–Crippen MR) is 92.8 cm³/mol. The average Bonchev–Trinajstić information content (AvgIpc) is 2.60. The molecule has 0 aliphatic rings. The van der Waals surface area contributed by atoms with Crippen molar-refractivity contribution >= 4 is 5.91 Å². The Hall–Kier alpha value is -2.54. The number of rotatable bonds is 6. The molecule has 2 aromatic rings. The van der Waals surface area contributed by atoms with Crippen LogP contribution in [0.15, 0.2) is 48.5 Å². The van der Waals surface area contributed by atoms with Gasteiger partial charge >= 0.3 is 6.18 Å². The Bertz CT molecular complexity index is 777. The Morgan fingerprint density at radius 2 is 1.85 bits per heavy atom. The Morgan fingerprint density at radius 1 is 1.15 bits per heavy atom. The molecule has 0 aliphatic carbocycles. The molecule has 0 saturated carbocycles. The van der Waals surface area contributed by atoms with Crippen molar-refractivity contribution in [1.29, 1.82) is 0 Å². The van der Waals surface area contributed by atoms with Crippen LogP contribution >= 0.6 is 0 Å². The van der Waals surface area contributed by atoms with Crippen LogP contribution in [0.3, 0.4) is 0 Å². The predicted octanol–water partition coefficient (Wildman–Crippen LogP) is 3.08. The van der Waals surface area contributed by atoms with E-state index >= 15 is 0 Å². The van der Waals surface area contributed by atoms with E-state index in [4.69, 9.17) is 10.5 Å². The monoisotopic (exact) mass is 366 g/mol. The zero-order valence-electron chi connectivity index (χ0n) is 14.6. The van der Waals surface area contributed by atoms with Crippen molar-refractivity contribution in [3.63, 3.8) is 0 Å². The Balaban J connectivity index is 2.22. The van der Waals surface area contributed by atoms with Crippen molar-refractivity contribution in [2.24, 2.45) is 5.73 Å². The number of aryl methyl sites for hydroxylation is 1. The van der Waals surface area contributed by atoms with Gasteiger partial charge in [0.2, 0.25) is 5.54 Å². The number of nitrogens with two attached hydrogens (primary N) is 1. The molecule has 0 unspecified atom stereocenters. The van der Waals surface area contributed by atoms with Gasteiger partial charge in [-0.1, -0.05) is 48.0 Å². The fourth-order valence-corrected chi connectivity index (χ4v) is 2.70. The van der Waals surface area contributed by atoms with Crippen LogP contribution in [0.1, 0.15) is 16.7 Å². The van der Waals surface area contributed by atoms with E-state index in [-0.39, 0.29) is 12.3 Å². The van der Waals surface area contributed by atoms with Gasteiger partial charge in [0, 0.05) is 12.1 Å². The molecule has 1 amide bonds. The third kappa shape index (κ3) is 3.99. The molecule has 0 aromatic heterocycles. The molecule has 0 fully saturated rings. The lowest BCUT2D eigenvalue weighted by atomic mass is 9.88. The van der Waals surface area contributed by atoms with E-state index in [1.807, 2.05) is 31.2 Å². The summed E-state index contributed by atoms with van der Waals surface area (Å²) >= 11 is 0. The number of alkyl halides is 3. The second kappa shape index (κ2) is 7.78. The molecule has 7 heteroatoms. The van der Waals surface area contributed by atoms with Gasteiger partial charge < -0.3 is 15.8 Å². The number of para-hydroxylation sites is 1. The van der Waals surface area contributed by atoms with E-state index in [2.05, 4.69) is 5.32 Å². The molecular weight excluding hydrogens is 345 g/mol. The third-order valence-electron chi connectivity index (χ3n) is 4.12. The summed E-state index contributed by atoms with van der Waals surface area (Å²) in [6.45, 7) is 1.95. The molecule has 140 valence electrons. The van der Waals surface area contributed by atoms with Crippen LogP contribution < -0.4 is 15.8 Å². The Morgan fingerprint density at radius 3 is 2.46 bits per heavy atom. The first-order chi connectivity index (χ1) is 12.2. The SMILES string of the molecule is COc1ccccc1[C@@](N)(C(=O)NCCc1cccc(C)c1)C(F)(F)F. The van der Waals surface area contributed by atoms with Crippen LogP contribution in [-0.4, -0.2) is 25.7 Å². The summed E-state index contributed by atoms with van der Waals surface area (Å²) in [5.74, 6) is -1.41. The average molecular weight is 366 g/mol. The molecule has 0 bridgehead atoms. The number of hydrogen-bond donors (Lipinski definition) is 2. The van der Waals surface area contributed by atoms with Gasteiger partial charge in [-0.05, 0) is 25.0 Å². The van der Waals surface area contributed by atoms with Crippen LogP contribution in [-0.2, 0) is 16.8 Å². The second-order valence-corrected chi connectivity index (χ2v) is 6.00. The fourth-order valence-electron chi connectivity index (χ4n) is 2.70. The van der Waals surface area contributed by atoms with Gasteiger partial charge in [0.25, 0.3) is 5.91 Å². The third-order valence-corrected chi connectivity index (χ3v) is 4.12. The van der Waals surface area contributed by atoms with E-state index in [9.17, 15) is 18.0 Å². The van der Waals surface area contributed by atoms with E-state index < -0.39 is 23.2 Å². The molecule has 2 aromatic carbocycles. The van der Waals surface area contributed by atoms with E-state index in [0.29, 0.717) is 6.42 Å². The standard InChI is InChI=1S/C19H21F3N2O2/c1-13-6-5-7-14(12-13)10-11-24-17(25)18(23,19(20,21)22)15-8-3-4-9-16(15)26-2/h3-9,12H,10-11,23H2,1-2H3,(H,24,25)/t18-/m1/s1. The van der Waals surface area contributed by atoms with E-state index in [0.717, 1.165) is 17.2 Å². The lowest BCUT2D eigenvalue weighted by Gasteiger charge is -2.31. The first-order valence-electron chi connectivity index (χ1n) is 8.03. The summed E-state index contributed by atoms with van der Waals surface area (Å²) in [5, 5.41) is 2.31. The zero-order chi connectivity index (χ0) is 19.4. The van der Waals surface area contributed by atoms with E-state index in [1.165, 1.54) is 25.3 Å². The summed E-state index contributed by atoms with van der Waals surface area (Å²) in [4.78, 5) is 12.4. The molecule has 3 N–H and O–H groups in total. The van der Waals surface area contributed by atoms with Crippen molar-refractivity contribution < 1.29 is 22.7 Å². The lowest BCUT2D eigenvalue weighted by Crippen LogP contribution is -2.61. The number of halogens is 3. The minimum atomic E-state index is -4.99. The quantitative estimate of drug-likeness (QED) is 0.826. The molecule has 0 heterocycles. The minimum Gasteiger partial charge on any atom is -0.496 e. The summed E-state index contributed by atoms with van der Waals surface area (Å²) < 4.78 is 46.1. The summed E-state index contributed by atoms with van der Waals surface area (Å²) in [6.07, 6.45) is -4.59. The van der Waals surface area contributed by atoms with Gasteiger partial charge in [-0.15, -0.1) is 0 Å². The van der Waals surface area contributed by atoms with Crippen LogP contribution in [0, 0.1) is 6.92 Å². The highest BCUT2D eigenvalue weighted by molar-refractivity contribution is 5.89. The van der Waals surface area contributed by atoms with Crippen molar-refractivity contribution in [2.75, 3.05) is 13.7 Å². The van der Waals surface area contributed by atoms with Gasteiger partial charge in [0.05, 0.1) is 7.11 Å². The molecule has 0 radical (unpaired) electrons. The van der Waals surface area contributed by atoms with Gasteiger partial charge in [-0.25, -0.2) is 0 Å². The number of carbonyl (C=O) groups is 1. The van der Waals surface area contributed by atoms with Crippen LogP contribution in [0.25, 0.3) is 0 Å². The number of benzene rings is 2. The van der Waals surface area contributed by atoms with Gasteiger partial charge in [0.1, 0.15) is 5.75 Å². The highest BCUT2D eigenvalue weighted by atomic mass is 19.4. The van der Waals surface area contributed by atoms with Crippen molar-refractivity contribution in [1.82, 2.24) is 5.32 Å². The number of carbonyl (C=O) groups excluding carboxylic acids is 1. The highest BCUT2D eigenvalue weighted by Crippen LogP contribution is 2.40. The van der Waals surface area contributed by atoms with Crippen LogP contribution in [0.4, 0.5) is 13.2 Å². The Kier molecular flexibility index (Phi) is 5.92. The molecule has 2 rings (SSSR count). The molecule has 0 spiro atoms. The maximum absolute atomic E-state index is 13.7. The number of ether oxygens (including phenoxy) is 1. The second-order valence-electron chi connectivity index (χ2n) is 6.00. The molecule has 0 aliphatic heterocycles. The maximum atomic E-state index is 13.7. The van der Waals surface area contributed by atoms with Gasteiger partial charge in [-0.2, -0.15) is 13.2 Å². The zero-order valence-corrected chi connectivity index (χ0v) is 14.6. The fraction of sp³-hybridized carbons (Fsp3) is 0.316. The van der Waals surface area contributed by atoms with Crippen molar-refractivity contribution in [3.8, 4) is 5.75 Å². The molecule has 26 heavy (non-hydrogen) atoms. The highest BCUT2D eigenvalue weighted by Gasteiger charge is 2.60. The molecule has 0 saturated heterocycles. The summed E-state index contributed by atoms with van der Waals surface area (Å²) in [5.41, 5.74) is 3.92. The number of amides is 1. The number of nitrogens with one attached hydrogen (secondary N) is 1. The summed E-state index contributed by atoms with van der Waals surface area (Å²) in [7, 11) is 1.23. The molecular formula is C19H21F3N2O2. The first kappa shape index (κ1) is 19.8. The van der Waals surface area contributed by atoms with Crippen molar-refractivity contribution in [3.05, 3.63) is 65.2 Å². The first-order valence-corrected chi connectivity index (χ1v) is 8.03. The van der Waals surface area contributed by atoms with Crippen LogP contribution in [0.2, 0.25) is 0 Å². The maximum Gasteiger partial charge on any atom is 0.419 e. The topological polar surface area (TPSA) is 64.3 Å². The van der Waals surface area contributed by atoms with Crippen molar-refractivity contribution in [2.45, 2.75) is 25.1 Å². The molecule has 1 atom stereocenters. The normalized spacial score (nSPS) is 13.8. The Labute approximate surface area is 150 Å². The van der Waals surface area contributed by atoms with Gasteiger partial charge in [-0.3, -0.25) is 4.79 Å². The summed E-state index contributed by atoms with van der Waals surface area (Å²) in [6, 6.07) is 12.9. The smallest absolute Gasteiger partial charge is 0.419 e. The van der Waals surface area contributed by atoms with Gasteiger partial charge in [0.15, 0.2) is 0 Å². The largest absolute Gasteiger partial charge is 0.496 e. The lowest BCUT2D eigenvalue weighted by molar-refractivity contribution is -0.194. The number of hydrogen-bond acceptors (Lipinski definition) is 3. The molecule has 4 nitrogen and oxygen atoms in total. The van der Waals surface area contributed by atoms with E-state index in [1.54, 1.807) is 0 Å². The number of methoxy groups -OCH3 is 1.